The van der Waals surface area contributed by atoms with Crippen LogP contribution in [0.4, 0.5) is 0 Å². The van der Waals surface area contributed by atoms with E-state index in [0.29, 0.717) is 5.56 Å². The Hall–Kier alpha value is -3.97. The summed E-state index contributed by atoms with van der Waals surface area (Å²) in [6, 6.07) is 36.1. The van der Waals surface area contributed by atoms with Crippen molar-refractivity contribution in [1.29, 1.82) is 0 Å². The van der Waals surface area contributed by atoms with E-state index in [-0.39, 0.29) is 25.5 Å². The standard InChI is InChI=1S/C28H28GeN3O.C16H18N.Ir/c1-28(2,3)19-15-16-30-22(17-19)20-13-10-14-21-24-26(33-25(20)21)23(18-11-8-7-9-12-18)31-27(32-24)29(4,5)6;1-16(2,3)12-13-9-10-17-15(11-13)14-7-5-4-6-8-14;/h7-12,14-17H,1-6H3;4-7,9-11H,12H2,1-3H3;/q2*-1;/i;12D2;. The Kier molecular flexibility index (Phi) is 10.7. The molecule has 0 aliphatic rings. The first-order valence-corrected chi connectivity index (χ1v) is 24.4. The number of fused-ring (bicyclic) bond motifs is 3. The maximum atomic E-state index is 8.31. The van der Waals surface area contributed by atoms with Gasteiger partial charge in [0.2, 0.25) is 0 Å². The first kappa shape index (κ1) is 35.4. The molecule has 0 spiro atoms. The maximum absolute atomic E-state index is 8.31. The fourth-order valence-corrected chi connectivity index (χ4v) is 7.48. The van der Waals surface area contributed by atoms with E-state index < -0.39 is 25.1 Å². The number of hydrogen-bond acceptors (Lipinski definition) is 5. The van der Waals surface area contributed by atoms with Crippen molar-refractivity contribution in [2.75, 3.05) is 0 Å². The van der Waals surface area contributed by atoms with Crippen LogP contribution in [0.25, 0.3) is 55.8 Å². The predicted molar refractivity (Wildman–Crippen MR) is 210 cm³/mol. The van der Waals surface area contributed by atoms with Crippen molar-refractivity contribution in [2.24, 2.45) is 5.41 Å². The van der Waals surface area contributed by atoms with Crippen molar-refractivity contribution in [3.8, 4) is 33.8 Å². The van der Waals surface area contributed by atoms with Gasteiger partial charge >= 0.3 is 198 Å². The van der Waals surface area contributed by atoms with Crippen LogP contribution in [0.15, 0.2) is 108 Å². The fourth-order valence-electron chi connectivity index (χ4n) is 5.60. The Morgan fingerprint density at radius 3 is 2.12 bits per heavy atom. The van der Waals surface area contributed by atoms with Crippen molar-refractivity contribution in [1.82, 2.24) is 19.9 Å². The van der Waals surface area contributed by atoms with Gasteiger partial charge in [0.15, 0.2) is 0 Å². The molecular weight excluding hydrogens is 865 g/mol. The molecule has 7 rings (SSSR count). The minimum absolute atomic E-state index is 0. The largest absolute Gasteiger partial charge is 0.305 e. The minimum Gasteiger partial charge on any atom is -0.305 e. The van der Waals surface area contributed by atoms with Crippen molar-refractivity contribution >= 4 is 40.0 Å². The van der Waals surface area contributed by atoms with Gasteiger partial charge in [-0.05, 0) is 23.5 Å². The molecule has 0 aliphatic carbocycles. The normalized spacial score (nSPS) is 12.8. The number of pyridine rings is 2. The molecule has 0 amide bonds. The zero-order valence-electron chi connectivity index (χ0n) is 32.8. The van der Waals surface area contributed by atoms with Gasteiger partial charge in [-0.15, -0.1) is 35.9 Å². The van der Waals surface area contributed by atoms with Crippen molar-refractivity contribution in [3.63, 3.8) is 0 Å². The van der Waals surface area contributed by atoms with Gasteiger partial charge in [-0.2, -0.15) is 0 Å². The first-order chi connectivity index (χ1) is 24.4. The van der Waals surface area contributed by atoms with Gasteiger partial charge in [-0.25, -0.2) is 0 Å². The van der Waals surface area contributed by atoms with E-state index in [1.807, 2.05) is 87.6 Å². The van der Waals surface area contributed by atoms with Gasteiger partial charge in [-0.3, -0.25) is 0 Å². The van der Waals surface area contributed by atoms with Crippen LogP contribution < -0.4 is 4.66 Å². The quantitative estimate of drug-likeness (QED) is 0.127. The summed E-state index contributed by atoms with van der Waals surface area (Å²) in [6.07, 6.45) is 2.13. The molecule has 7 heteroatoms. The third-order valence-corrected chi connectivity index (χ3v) is 11.4. The smallest absolute Gasteiger partial charge is 0.0321 e. The van der Waals surface area contributed by atoms with Crippen LogP contribution in [-0.2, 0) is 31.9 Å². The third kappa shape index (κ3) is 9.10. The zero-order valence-corrected chi connectivity index (χ0v) is 35.3. The molecule has 7 aromatic rings. The van der Waals surface area contributed by atoms with Crippen LogP contribution in [0.5, 0.6) is 0 Å². The minimum atomic E-state index is -2.31. The van der Waals surface area contributed by atoms with E-state index in [9.17, 15) is 0 Å². The second-order valence-corrected chi connectivity index (χ2v) is 26.0. The molecule has 0 unspecified atom stereocenters. The number of furan rings is 1. The van der Waals surface area contributed by atoms with Crippen LogP contribution in [-0.4, -0.2) is 33.2 Å². The molecule has 0 saturated heterocycles. The van der Waals surface area contributed by atoms with Crippen LogP contribution in [0, 0.1) is 17.5 Å². The predicted octanol–water partition coefficient (Wildman–Crippen LogP) is 10.9. The summed E-state index contributed by atoms with van der Waals surface area (Å²) in [5.41, 5.74) is 9.04. The molecule has 1 radical (unpaired) electrons. The van der Waals surface area contributed by atoms with E-state index >= 15 is 0 Å². The van der Waals surface area contributed by atoms with Gasteiger partial charge in [-0.1, -0.05) is 32.4 Å². The zero-order chi connectivity index (χ0) is 37.5. The molecule has 0 atom stereocenters. The second-order valence-electron chi connectivity index (χ2n) is 15.6. The number of hydrogen-bond donors (Lipinski definition) is 0. The van der Waals surface area contributed by atoms with Crippen LogP contribution >= 0.6 is 0 Å². The molecule has 4 aromatic heterocycles. The van der Waals surface area contributed by atoms with Gasteiger partial charge in [0.25, 0.3) is 0 Å². The maximum Gasteiger partial charge on any atom is 0.0321 e. The van der Waals surface area contributed by atoms with Crippen molar-refractivity contribution < 1.29 is 27.3 Å². The van der Waals surface area contributed by atoms with Gasteiger partial charge in [0.1, 0.15) is 0 Å². The van der Waals surface area contributed by atoms with Gasteiger partial charge < -0.3 is 4.98 Å². The molecule has 5 nitrogen and oxygen atoms in total. The van der Waals surface area contributed by atoms with E-state index in [0.717, 1.165) is 60.5 Å². The molecule has 0 fully saturated rings. The monoisotopic (exact) mass is 915 g/mol. The number of aromatic nitrogens is 4. The van der Waals surface area contributed by atoms with Crippen LogP contribution in [0.2, 0.25) is 17.3 Å². The summed E-state index contributed by atoms with van der Waals surface area (Å²) in [4.78, 5) is 19.1. The molecule has 4 heterocycles. The average Bonchev–Trinajstić information content (AvgIpc) is 3.50. The SMILES string of the molecule is CC(C)(C)c1ccnc(-c2[c-]ccc3c2oc2c(-c4ccccc4)n[c]([Ge]([CH3])([CH3])[CH3])nc23)c1.[2H]C([2H])(c1ccnc(-c2[c-]cccc2)c1)C(C)(C)C.[Ir]. The average molecular weight is 914 g/mol. The molecule has 51 heavy (non-hydrogen) atoms. The number of benzene rings is 3. The van der Waals surface area contributed by atoms with Crippen molar-refractivity contribution in [2.45, 2.75) is 70.6 Å². The summed E-state index contributed by atoms with van der Waals surface area (Å²) in [5.74, 6) is 6.96. The van der Waals surface area contributed by atoms with Gasteiger partial charge in [0.05, 0.1) is 0 Å². The summed E-state index contributed by atoms with van der Waals surface area (Å²) in [5, 5.41) is 0.981. The fraction of sp³-hybridized carbons (Fsp3) is 0.273. The Labute approximate surface area is 321 Å². The van der Waals surface area contributed by atoms with E-state index in [2.05, 4.69) is 84.4 Å². The Balaban J connectivity index is 0.000000232. The van der Waals surface area contributed by atoms with Crippen molar-refractivity contribution in [3.05, 3.63) is 127 Å². The molecule has 263 valence electrons. The summed E-state index contributed by atoms with van der Waals surface area (Å²) in [7, 11) is 0. The van der Waals surface area contributed by atoms with E-state index in [4.69, 9.17) is 17.1 Å². The second kappa shape index (κ2) is 15.3. The molecule has 0 saturated carbocycles. The summed E-state index contributed by atoms with van der Waals surface area (Å²) in [6.45, 7) is 12.3. The van der Waals surface area contributed by atoms with Crippen LogP contribution in [0.1, 0.15) is 55.4 Å². The Bertz CT molecular complexity index is 2340. The molecule has 3 aromatic carbocycles. The first-order valence-electron chi connectivity index (χ1n) is 18.1. The van der Waals surface area contributed by atoms with E-state index in [1.54, 1.807) is 12.3 Å². The summed E-state index contributed by atoms with van der Waals surface area (Å²) < 4.78 is 24.1. The van der Waals surface area contributed by atoms with Crippen LogP contribution in [0.3, 0.4) is 0 Å². The third-order valence-electron chi connectivity index (χ3n) is 8.14. The Morgan fingerprint density at radius 1 is 0.745 bits per heavy atom. The summed E-state index contributed by atoms with van der Waals surface area (Å²) >= 11 is -2.31. The van der Waals surface area contributed by atoms with Gasteiger partial charge in [0, 0.05) is 29.0 Å². The number of nitrogens with zero attached hydrogens (tertiary/aromatic N) is 4. The number of rotatable bonds is 5. The molecule has 0 bridgehead atoms. The molecule has 0 N–H and O–H groups in total. The molecular formula is C44H46GeIrN4O-2. The Morgan fingerprint density at radius 2 is 1.45 bits per heavy atom. The van der Waals surface area contributed by atoms with E-state index in [1.165, 1.54) is 5.56 Å². The molecule has 0 aliphatic heterocycles. The topological polar surface area (TPSA) is 64.7 Å².